The lowest BCUT2D eigenvalue weighted by atomic mass is 10.2. The fraction of sp³-hybridized carbons (Fsp3) is 0.615. The summed E-state index contributed by atoms with van der Waals surface area (Å²) < 4.78 is 0. The van der Waals surface area contributed by atoms with E-state index in [0.717, 1.165) is 13.1 Å². The van der Waals surface area contributed by atoms with Gasteiger partial charge in [0, 0.05) is 19.3 Å². The highest BCUT2D eigenvalue weighted by molar-refractivity contribution is 5.29. The van der Waals surface area contributed by atoms with Crippen molar-refractivity contribution in [3.8, 4) is 6.07 Å². The van der Waals surface area contributed by atoms with Gasteiger partial charge >= 0.3 is 0 Å². The van der Waals surface area contributed by atoms with Crippen molar-refractivity contribution >= 4 is 5.95 Å². The van der Waals surface area contributed by atoms with Crippen molar-refractivity contribution in [1.29, 1.82) is 5.26 Å². The minimum Gasteiger partial charge on any atom is -0.353 e. The third-order valence-corrected chi connectivity index (χ3v) is 3.18. The lowest BCUT2D eigenvalue weighted by molar-refractivity contribution is 0.296. The molecule has 1 aromatic heterocycles. The topological polar surface area (TPSA) is 64.8 Å². The second-order valence-electron chi connectivity index (χ2n) is 4.56. The van der Waals surface area contributed by atoms with Crippen LogP contribution >= 0.6 is 0 Å². The van der Waals surface area contributed by atoms with Crippen LogP contribution in [-0.4, -0.2) is 41.0 Å². The number of nitrogens with zero attached hydrogens (tertiary/aromatic N) is 4. The van der Waals surface area contributed by atoms with Crippen LogP contribution in [0.5, 0.6) is 0 Å². The van der Waals surface area contributed by atoms with Gasteiger partial charge in [-0.15, -0.1) is 0 Å². The average molecular weight is 245 g/mol. The summed E-state index contributed by atoms with van der Waals surface area (Å²) in [6.07, 6.45) is 6.94. The molecule has 1 aliphatic rings. The molecule has 0 amide bonds. The maximum absolute atomic E-state index is 8.75. The number of nitriles is 1. The number of likely N-dealkylation sites (tertiary alicyclic amines) is 1. The molecule has 18 heavy (non-hydrogen) atoms. The first-order valence-electron chi connectivity index (χ1n) is 6.58. The van der Waals surface area contributed by atoms with E-state index in [1.165, 1.54) is 38.8 Å². The summed E-state index contributed by atoms with van der Waals surface area (Å²) in [5.74, 6) is 0.545. The van der Waals surface area contributed by atoms with Crippen LogP contribution in [0.25, 0.3) is 0 Å². The van der Waals surface area contributed by atoms with Gasteiger partial charge in [0.1, 0.15) is 11.8 Å². The molecule has 1 fully saturated rings. The first kappa shape index (κ1) is 12.8. The fourth-order valence-corrected chi connectivity index (χ4v) is 2.19. The van der Waals surface area contributed by atoms with Crippen LogP contribution in [0, 0.1) is 11.3 Å². The number of hydrogen-bond acceptors (Lipinski definition) is 5. The molecule has 96 valence electrons. The monoisotopic (exact) mass is 245 g/mol. The Labute approximate surface area is 108 Å². The molecule has 5 heteroatoms. The maximum Gasteiger partial charge on any atom is 0.223 e. The van der Waals surface area contributed by atoms with E-state index in [0.29, 0.717) is 11.6 Å². The normalized spacial score (nSPS) is 16.8. The summed E-state index contributed by atoms with van der Waals surface area (Å²) in [7, 11) is 0. The second-order valence-corrected chi connectivity index (χ2v) is 4.56. The summed E-state index contributed by atoms with van der Waals surface area (Å²) in [6, 6.07) is 3.62. The van der Waals surface area contributed by atoms with Crippen LogP contribution in [0.1, 0.15) is 31.4 Å². The molecule has 0 aromatic carbocycles. The molecule has 1 N–H and O–H groups in total. The van der Waals surface area contributed by atoms with E-state index < -0.39 is 0 Å². The van der Waals surface area contributed by atoms with Gasteiger partial charge in [-0.3, -0.25) is 0 Å². The standard InChI is InChI=1S/C13H19N5/c14-11-12-5-6-15-13(17-12)16-7-10-18-8-3-1-2-4-9-18/h5-6H,1-4,7-10H2,(H,15,16,17). The Morgan fingerprint density at radius 2 is 2.06 bits per heavy atom. The lowest BCUT2D eigenvalue weighted by Gasteiger charge is -2.19. The zero-order chi connectivity index (χ0) is 12.6. The van der Waals surface area contributed by atoms with Crippen LogP contribution in [0.4, 0.5) is 5.95 Å². The number of rotatable bonds is 4. The largest absolute Gasteiger partial charge is 0.353 e. The van der Waals surface area contributed by atoms with Crippen LogP contribution in [0.15, 0.2) is 12.3 Å². The molecule has 1 aromatic rings. The van der Waals surface area contributed by atoms with Crippen LogP contribution in [-0.2, 0) is 0 Å². The molecule has 2 rings (SSSR count). The molecule has 0 spiro atoms. The molecule has 1 aliphatic heterocycles. The summed E-state index contributed by atoms with van der Waals surface area (Å²) in [6.45, 7) is 4.23. The zero-order valence-electron chi connectivity index (χ0n) is 10.6. The molecule has 5 nitrogen and oxygen atoms in total. The van der Waals surface area contributed by atoms with E-state index in [4.69, 9.17) is 5.26 Å². The van der Waals surface area contributed by atoms with Gasteiger partial charge in [-0.1, -0.05) is 12.8 Å². The van der Waals surface area contributed by atoms with Gasteiger partial charge in [0.15, 0.2) is 0 Å². The van der Waals surface area contributed by atoms with Crippen LogP contribution < -0.4 is 5.32 Å². The van der Waals surface area contributed by atoms with E-state index in [2.05, 4.69) is 20.2 Å². The van der Waals surface area contributed by atoms with Crippen molar-refractivity contribution in [2.45, 2.75) is 25.7 Å². The van der Waals surface area contributed by atoms with E-state index >= 15 is 0 Å². The third-order valence-electron chi connectivity index (χ3n) is 3.18. The van der Waals surface area contributed by atoms with Gasteiger partial charge < -0.3 is 10.2 Å². The average Bonchev–Trinajstić information content (AvgIpc) is 2.68. The Balaban J connectivity index is 1.75. The number of aromatic nitrogens is 2. The Bertz CT molecular complexity index is 404. The Morgan fingerprint density at radius 3 is 2.78 bits per heavy atom. The minimum atomic E-state index is 0.405. The molecule has 0 atom stereocenters. The Kier molecular flexibility index (Phi) is 4.91. The molecule has 0 saturated carbocycles. The SMILES string of the molecule is N#Cc1ccnc(NCCN2CCCCCC2)n1. The van der Waals surface area contributed by atoms with Gasteiger partial charge in [0.25, 0.3) is 0 Å². The van der Waals surface area contributed by atoms with Gasteiger partial charge in [0.05, 0.1) is 0 Å². The van der Waals surface area contributed by atoms with Gasteiger partial charge in [-0.2, -0.15) is 5.26 Å². The van der Waals surface area contributed by atoms with Crippen molar-refractivity contribution in [2.75, 3.05) is 31.5 Å². The molecular weight excluding hydrogens is 226 g/mol. The lowest BCUT2D eigenvalue weighted by Crippen LogP contribution is -2.30. The van der Waals surface area contributed by atoms with Crippen molar-refractivity contribution in [3.63, 3.8) is 0 Å². The summed E-state index contributed by atoms with van der Waals surface area (Å²) in [5.41, 5.74) is 0.405. The maximum atomic E-state index is 8.75. The summed E-state index contributed by atoms with van der Waals surface area (Å²) in [4.78, 5) is 10.7. The van der Waals surface area contributed by atoms with Gasteiger partial charge in [-0.05, 0) is 32.0 Å². The second kappa shape index (κ2) is 6.92. The van der Waals surface area contributed by atoms with E-state index in [-0.39, 0.29) is 0 Å². The molecule has 2 heterocycles. The highest BCUT2D eigenvalue weighted by Crippen LogP contribution is 2.09. The third kappa shape index (κ3) is 3.97. The predicted octanol–water partition coefficient (Wildman–Crippen LogP) is 1.64. The quantitative estimate of drug-likeness (QED) is 0.873. The summed E-state index contributed by atoms with van der Waals surface area (Å²) >= 11 is 0. The molecule has 0 bridgehead atoms. The number of hydrogen-bond donors (Lipinski definition) is 1. The highest BCUT2D eigenvalue weighted by Gasteiger charge is 2.08. The van der Waals surface area contributed by atoms with Crippen molar-refractivity contribution in [2.24, 2.45) is 0 Å². The first-order valence-corrected chi connectivity index (χ1v) is 6.58. The van der Waals surface area contributed by atoms with Crippen molar-refractivity contribution in [3.05, 3.63) is 18.0 Å². The molecule has 0 aliphatic carbocycles. The predicted molar refractivity (Wildman–Crippen MR) is 70.1 cm³/mol. The van der Waals surface area contributed by atoms with Crippen molar-refractivity contribution < 1.29 is 0 Å². The minimum absolute atomic E-state index is 0.405. The summed E-state index contributed by atoms with van der Waals surface area (Å²) in [5, 5.41) is 11.9. The zero-order valence-corrected chi connectivity index (χ0v) is 10.6. The van der Waals surface area contributed by atoms with Gasteiger partial charge in [0.2, 0.25) is 5.95 Å². The first-order chi connectivity index (χ1) is 8.88. The van der Waals surface area contributed by atoms with Crippen molar-refractivity contribution in [1.82, 2.24) is 14.9 Å². The van der Waals surface area contributed by atoms with E-state index in [1.54, 1.807) is 12.3 Å². The fourth-order valence-electron chi connectivity index (χ4n) is 2.19. The molecule has 1 saturated heterocycles. The van der Waals surface area contributed by atoms with Gasteiger partial charge in [-0.25, -0.2) is 9.97 Å². The highest BCUT2D eigenvalue weighted by atomic mass is 15.2. The number of anilines is 1. The van der Waals surface area contributed by atoms with Crippen LogP contribution in [0.2, 0.25) is 0 Å². The number of nitrogens with one attached hydrogen (secondary N) is 1. The van der Waals surface area contributed by atoms with Crippen LogP contribution in [0.3, 0.4) is 0 Å². The Morgan fingerprint density at radius 1 is 1.28 bits per heavy atom. The molecular formula is C13H19N5. The van der Waals surface area contributed by atoms with E-state index in [1.807, 2.05) is 6.07 Å². The molecule has 0 unspecified atom stereocenters. The molecule has 0 radical (unpaired) electrons. The smallest absolute Gasteiger partial charge is 0.223 e. The Hall–Kier alpha value is -1.67. The van der Waals surface area contributed by atoms with E-state index in [9.17, 15) is 0 Å².